The quantitative estimate of drug-likeness (QED) is 0.776. The smallest absolute Gasteiger partial charge is 0.125 e. The molecule has 15 heavy (non-hydrogen) atoms. The van der Waals surface area contributed by atoms with Crippen LogP contribution in [0.1, 0.15) is 25.8 Å². The molecule has 0 bridgehead atoms. The van der Waals surface area contributed by atoms with Crippen LogP contribution in [0.25, 0.3) is 0 Å². The minimum absolute atomic E-state index is 0.919. The zero-order chi connectivity index (χ0) is 11.1. The van der Waals surface area contributed by atoms with Gasteiger partial charge in [-0.2, -0.15) is 0 Å². The van der Waals surface area contributed by atoms with Crippen LogP contribution in [0, 0.1) is 0 Å². The molecule has 0 unspecified atom stereocenters. The van der Waals surface area contributed by atoms with Crippen LogP contribution in [-0.4, -0.2) is 30.0 Å². The van der Waals surface area contributed by atoms with Gasteiger partial charge < -0.3 is 10.2 Å². The second-order valence-electron chi connectivity index (χ2n) is 3.82. The molecular formula is C12H21N3. The summed E-state index contributed by atoms with van der Waals surface area (Å²) in [5.74, 6) is 0.958. The highest BCUT2D eigenvalue weighted by Crippen LogP contribution is 2.06. The summed E-state index contributed by atoms with van der Waals surface area (Å²) in [5.41, 5.74) is 1.27. The number of rotatable bonds is 6. The van der Waals surface area contributed by atoms with Crippen LogP contribution >= 0.6 is 0 Å². The summed E-state index contributed by atoms with van der Waals surface area (Å²) in [4.78, 5) is 6.65. The predicted octanol–water partition coefficient (Wildman–Crippen LogP) is 2.36. The molecule has 1 rings (SSSR count). The van der Waals surface area contributed by atoms with Crippen molar-refractivity contribution in [3.05, 3.63) is 23.9 Å². The van der Waals surface area contributed by atoms with Gasteiger partial charge in [0.1, 0.15) is 5.82 Å². The third-order valence-corrected chi connectivity index (χ3v) is 2.24. The Morgan fingerprint density at radius 2 is 2.13 bits per heavy atom. The Balaban J connectivity index is 2.48. The van der Waals surface area contributed by atoms with Gasteiger partial charge in [-0.25, -0.2) is 4.98 Å². The highest BCUT2D eigenvalue weighted by Gasteiger charge is 1.99. The number of hydrogen-bond donors (Lipinski definition) is 1. The van der Waals surface area contributed by atoms with Crippen LogP contribution in [-0.2, 0) is 6.54 Å². The van der Waals surface area contributed by atoms with Crippen LogP contribution in [0.4, 0.5) is 5.82 Å². The van der Waals surface area contributed by atoms with Gasteiger partial charge in [0.15, 0.2) is 0 Å². The maximum Gasteiger partial charge on any atom is 0.125 e. The standard InChI is InChI=1S/C12H21N3/c1-4-8-15(3)10-11-6-7-12(13-5-2)14-9-11/h6-7,9H,4-5,8,10H2,1-3H3,(H,13,14). The molecule has 1 aromatic heterocycles. The third-order valence-electron chi connectivity index (χ3n) is 2.24. The lowest BCUT2D eigenvalue weighted by Crippen LogP contribution is -2.18. The molecule has 1 aromatic rings. The molecule has 0 atom stereocenters. The molecule has 0 aliphatic carbocycles. The Morgan fingerprint density at radius 3 is 2.67 bits per heavy atom. The zero-order valence-corrected chi connectivity index (χ0v) is 9.95. The van der Waals surface area contributed by atoms with E-state index >= 15 is 0 Å². The number of aromatic nitrogens is 1. The van der Waals surface area contributed by atoms with E-state index in [0.717, 1.165) is 25.5 Å². The van der Waals surface area contributed by atoms with Crippen LogP contribution in [0.3, 0.4) is 0 Å². The molecule has 1 N–H and O–H groups in total. The summed E-state index contributed by atoms with van der Waals surface area (Å²) in [6, 6.07) is 4.18. The van der Waals surface area contributed by atoms with Crippen molar-refractivity contribution < 1.29 is 0 Å². The van der Waals surface area contributed by atoms with E-state index in [1.165, 1.54) is 12.0 Å². The maximum atomic E-state index is 4.34. The van der Waals surface area contributed by atoms with E-state index in [9.17, 15) is 0 Å². The molecule has 3 heteroatoms. The highest BCUT2D eigenvalue weighted by atomic mass is 15.1. The first-order valence-corrected chi connectivity index (χ1v) is 5.63. The van der Waals surface area contributed by atoms with Crippen molar-refractivity contribution in [3.8, 4) is 0 Å². The summed E-state index contributed by atoms with van der Waals surface area (Å²) in [6.07, 6.45) is 3.14. The Labute approximate surface area is 92.5 Å². The van der Waals surface area contributed by atoms with Gasteiger partial charge in [0, 0.05) is 19.3 Å². The maximum absolute atomic E-state index is 4.34. The average molecular weight is 207 g/mol. The van der Waals surface area contributed by atoms with Crippen LogP contribution < -0.4 is 5.32 Å². The van der Waals surface area contributed by atoms with E-state index in [1.807, 2.05) is 12.3 Å². The summed E-state index contributed by atoms with van der Waals surface area (Å²) in [5, 5.41) is 3.19. The topological polar surface area (TPSA) is 28.2 Å². The van der Waals surface area contributed by atoms with Crippen molar-refractivity contribution in [1.82, 2.24) is 9.88 Å². The van der Waals surface area contributed by atoms with Gasteiger partial charge in [-0.05, 0) is 38.6 Å². The van der Waals surface area contributed by atoms with Gasteiger partial charge in [-0.15, -0.1) is 0 Å². The molecule has 0 saturated heterocycles. The Kier molecular flexibility index (Phi) is 5.12. The molecule has 0 spiro atoms. The minimum Gasteiger partial charge on any atom is -0.370 e. The van der Waals surface area contributed by atoms with Gasteiger partial charge in [-0.3, -0.25) is 0 Å². The molecule has 0 fully saturated rings. The largest absolute Gasteiger partial charge is 0.370 e. The van der Waals surface area contributed by atoms with E-state index in [0.29, 0.717) is 0 Å². The molecule has 0 aliphatic rings. The van der Waals surface area contributed by atoms with Crippen LogP contribution in [0.2, 0.25) is 0 Å². The Bertz CT molecular complexity index is 269. The van der Waals surface area contributed by atoms with E-state index in [4.69, 9.17) is 0 Å². The van der Waals surface area contributed by atoms with Crippen molar-refractivity contribution in [2.24, 2.45) is 0 Å². The van der Waals surface area contributed by atoms with E-state index in [2.05, 4.69) is 42.2 Å². The summed E-state index contributed by atoms with van der Waals surface area (Å²) in [7, 11) is 2.14. The van der Waals surface area contributed by atoms with Gasteiger partial charge in [0.25, 0.3) is 0 Å². The molecule has 84 valence electrons. The molecule has 1 heterocycles. The van der Waals surface area contributed by atoms with E-state index < -0.39 is 0 Å². The second kappa shape index (κ2) is 6.40. The predicted molar refractivity (Wildman–Crippen MR) is 65.0 cm³/mol. The average Bonchev–Trinajstić information content (AvgIpc) is 2.22. The molecule has 0 saturated carbocycles. The first-order chi connectivity index (χ1) is 7.26. The lowest BCUT2D eigenvalue weighted by molar-refractivity contribution is 0.327. The molecule has 0 radical (unpaired) electrons. The van der Waals surface area contributed by atoms with Crippen LogP contribution in [0.5, 0.6) is 0 Å². The summed E-state index contributed by atoms with van der Waals surface area (Å²) < 4.78 is 0. The van der Waals surface area contributed by atoms with Crippen molar-refractivity contribution in [3.63, 3.8) is 0 Å². The van der Waals surface area contributed by atoms with Crippen molar-refractivity contribution >= 4 is 5.82 Å². The van der Waals surface area contributed by atoms with E-state index in [1.54, 1.807) is 0 Å². The first kappa shape index (κ1) is 12.0. The van der Waals surface area contributed by atoms with Crippen molar-refractivity contribution in [2.45, 2.75) is 26.8 Å². The number of anilines is 1. The van der Waals surface area contributed by atoms with Gasteiger partial charge in [0.2, 0.25) is 0 Å². The number of pyridine rings is 1. The summed E-state index contributed by atoms with van der Waals surface area (Å²) in [6.45, 7) is 7.30. The Hall–Kier alpha value is -1.09. The number of nitrogens with zero attached hydrogens (tertiary/aromatic N) is 2. The van der Waals surface area contributed by atoms with Crippen molar-refractivity contribution in [1.29, 1.82) is 0 Å². The normalized spacial score (nSPS) is 10.7. The monoisotopic (exact) mass is 207 g/mol. The fourth-order valence-electron chi connectivity index (χ4n) is 1.58. The highest BCUT2D eigenvalue weighted by molar-refractivity contribution is 5.35. The zero-order valence-electron chi connectivity index (χ0n) is 9.95. The molecule has 0 amide bonds. The number of nitrogens with one attached hydrogen (secondary N) is 1. The lowest BCUT2D eigenvalue weighted by atomic mass is 10.2. The second-order valence-corrected chi connectivity index (χ2v) is 3.82. The Morgan fingerprint density at radius 1 is 1.33 bits per heavy atom. The first-order valence-electron chi connectivity index (χ1n) is 5.63. The summed E-state index contributed by atoms with van der Waals surface area (Å²) >= 11 is 0. The fraction of sp³-hybridized carbons (Fsp3) is 0.583. The fourth-order valence-corrected chi connectivity index (χ4v) is 1.58. The number of hydrogen-bond acceptors (Lipinski definition) is 3. The van der Waals surface area contributed by atoms with E-state index in [-0.39, 0.29) is 0 Å². The van der Waals surface area contributed by atoms with Gasteiger partial charge in [-0.1, -0.05) is 13.0 Å². The van der Waals surface area contributed by atoms with Crippen molar-refractivity contribution in [2.75, 3.05) is 25.5 Å². The minimum atomic E-state index is 0.919. The lowest BCUT2D eigenvalue weighted by Gasteiger charge is -2.15. The molecular weight excluding hydrogens is 186 g/mol. The van der Waals surface area contributed by atoms with Gasteiger partial charge >= 0.3 is 0 Å². The molecule has 3 nitrogen and oxygen atoms in total. The van der Waals surface area contributed by atoms with Gasteiger partial charge in [0.05, 0.1) is 0 Å². The molecule has 0 aromatic carbocycles. The van der Waals surface area contributed by atoms with Crippen LogP contribution in [0.15, 0.2) is 18.3 Å². The molecule has 0 aliphatic heterocycles. The third kappa shape index (κ3) is 4.30. The SMILES string of the molecule is CCCN(C)Cc1ccc(NCC)nc1.